The molecule has 0 aromatic carbocycles. The van der Waals surface area contributed by atoms with Crippen LogP contribution in [0.2, 0.25) is 0 Å². The summed E-state index contributed by atoms with van der Waals surface area (Å²) in [5, 5.41) is 3.05. The van der Waals surface area contributed by atoms with Crippen LogP contribution in [-0.4, -0.2) is 44.3 Å². The molecule has 1 N–H and O–H groups in total. The fraction of sp³-hybridized carbons (Fsp3) is 1.00. The summed E-state index contributed by atoms with van der Waals surface area (Å²) in [5.41, 5.74) is 0. The summed E-state index contributed by atoms with van der Waals surface area (Å²) in [6, 6.07) is 0.104. The molecule has 1 aliphatic carbocycles. The lowest BCUT2D eigenvalue weighted by Gasteiger charge is -2.36. The zero-order chi connectivity index (χ0) is 12.9. The van der Waals surface area contributed by atoms with Gasteiger partial charge >= 0.3 is 6.18 Å². The van der Waals surface area contributed by atoms with E-state index in [9.17, 15) is 13.2 Å². The van der Waals surface area contributed by atoms with Gasteiger partial charge in [0.15, 0.2) is 0 Å². The topological polar surface area (TPSA) is 15.3 Å². The van der Waals surface area contributed by atoms with E-state index in [2.05, 4.69) is 10.2 Å². The standard InChI is InChI=1S/C12H23F3N2/c1-16-7-4-8-17(2)11-6-3-5-10(9-11)12(13,14)15/h10-11,16H,3-9H2,1-2H3. The lowest BCUT2D eigenvalue weighted by molar-refractivity contribution is -0.186. The van der Waals surface area contributed by atoms with Crippen LogP contribution in [0.1, 0.15) is 32.1 Å². The van der Waals surface area contributed by atoms with Crippen molar-refractivity contribution < 1.29 is 13.2 Å². The van der Waals surface area contributed by atoms with Gasteiger partial charge in [0.2, 0.25) is 0 Å². The Balaban J connectivity index is 2.38. The summed E-state index contributed by atoms with van der Waals surface area (Å²) in [6.07, 6.45) is -0.831. The number of hydrogen-bond donors (Lipinski definition) is 1. The molecule has 0 heterocycles. The monoisotopic (exact) mass is 252 g/mol. The van der Waals surface area contributed by atoms with Crippen LogP contribution in [-0.2, 0) is 0 Å². The first-order valence-corrected chi connectivity index (χ1v) is 6.36. The first-order valence-electron chi connectivity index (χ1n) is 6.36. The van der Waals surface area contributed by atoms with Crippen LogP contribution in [0.5, 0.6) is 0 Å². The Labute approximate surface area is 102 Å². The van der Waals surface area contributed by atoms with E-state index in [1.165, 1.54) is 0 Å². The number of nitrogens with one attached hydrogen (secondary N) is 1. The van der Waals surface area contributed by atoms with E-state index in [-0.39, 0.29) is 12.5 Å². The lowest BCUT2D eigenvalue weighted by Crippen LogP contribution is -2.40. The van der Waals surface area contributed by atoms with E-state index in [1.54, 1.807) is 0 Å². The Morgan fingerprint density at radius 1 is 1.29 bits per heavy atom. The van der Waals surface area contributed by atoms with Crippen molar-refractivity contribution in [2.24, 2.45) is 5.92 Å². The van der Waals surface area contributed by atoms with Gasteiger partial charge in [0.25, 0.3) is 0 Å². The molecule has 0 saturated heterocycles. The molecule has 102 valence electrons. The van der Waals surface area contributed by atoms with E-state index in [1.807, 2.05) is 14.1 Å². The Morgan fingerprint density at radius 3 is 2.59 bits per heavy atom. The van der Waals surface area contributed by atoms with Gasteiger partial charge in [-0.15, -0.1) is 0 Å². The third kappa shape index (κ3) is 4.84. The number of rotatable bonds is 5. The Kier molecular flexibility index (Phi) is 5.73. The molecule has 1 aliphatic rings. The van der Waals surface area contributed by atoms with E-state index >= 15 is 0 Å². The maximum atomic E-state index is 12.7. The quantitative estimate of drug-likeness (QED) is 0.757. The largest absolute Gasteiger partial charge is 0.391 e. The summed E-state index contributed by atoms with van der Waals surface area (Å²) in [4.78, 5) is 2.09. The molecule has 5 heteroatoms. The SMILES string of the molecule is CNCCCN(C)C1CCCC(C(F)(F)F)C1. The zero-order valence-corrected chi connectivity index (χ0v) is 10.7. The fourth-order valence-corrected chi connectivity index (χ4v) is 2.55. The molecule has 0 aromatic rings. The zero-order valence-electron chi connectivity index (χ0n) is 10.7. The van der Waals surface area contributed by atoms with E-state index in [0.29, 0.717) is 12.8 Å². The van der Waals surface area contributed by atoms with Crippen LogP contribution < -0.4 is 5.32 Å². The molecule has 0 spiro atoms. The molecule has 2 nitrogen and oxygen atoms in total. The third-order valence-electron chi connectivity index (χ3n) is 3.67. The van der Waals surface area contributed by atoms with E-state index in [4.69, 9.17) is 0 Å². The highest BCUT2D eigenvalue weighted by molar-refractivity contribution is 4.82. The average molecular weight is 252 g/mol. The van der Waals surface area contributed by atoms with Gasteiger partial charge in [-0.25, -0.2) is 0 Å². The minimum atomic E-state index is -4.01. The van der Waals surface area contributed by atoms with Crippen LogP contribution in [0.4, 0.5) is 13.2 Å². The molecule has 2 atom stereocenters. The summed E-state index contributed by atoms with van der Waals surface area (Å²) in [6.45, 7) is 1.79. The van der Waals surface area contributed by atoms with Gasteiger partial charge in [-0.1, -0.05) is 6.42 Å². The molecule has 2 unspecified atom stereocenters. The second-order valence-electron chi connectivity index (χ2n) is 5.00. The molecular formula is C12H23F3N2. The molecule has 0 aromatic heterocycles. The van der Waals surface area contributed by atoms with Gasteiger partial charge in [-0.2, -0.15) is 13.2 Å². The van der Waals surface area contributed by atoms with Crippen molar-refractivity contribution in [2.45, 2.75) is 44.3 Å². The summed E-state index contributed by atoms with van der Waals surface area (Å²) in [7, 11) is 3.83. The number of halogens is 3. The average Bonchev–Trinajstić information content (AvgIpc) is 2.28. The van der Waals surface area contributed by atoms with Gasteiger partial charge in [-0.3, -0.25) is 0 Å². The van der Waals surface area contributed by atoms with Crippen LogP contribution in [0, 0.1) is 5.92 Å². The normalized spacial score (nSPS) is 26.5. The Hall–Kier alpha value is -0.290. The minimum Gasteiger partial charge on any atom is -0.320 e. The third-order valence-corrected chi connectivity index (χ3v) is 3.67. The smallest absolute Gasteiger partial charge is 0.320 e. The van der Waals surface area contributed by atoms with Gasteiger partial charge in [-0.05, 0) is 52.9 Å². The highest BCUT2D eigenvalue weighted by atomic mass is 19.4. The second-order valence-corrected chi connectivity index (χ2v) is 5.00. The van der Waals surface area contributed by atoms with Crippen LogP contribution in [0.25, 0.3) is 0 Å². The maximum Gasteiger partial charge on any atom is 0.391 e. The molecule has 1 saturated carbocycles. The first-order chi connectivity index (χ1) is 7.95. The number of hydrogen-bond acceptors (Lipinski definition) is 2. The van der Waals surface area contributed by atoms with Gasteiger partial charge < -0.3 is 10.2 Å². The Morgan fingerprint density at radius 2 is 2.00 bits per heavy atom. The first kappa shape index (κ1) is 14.8. The highest BCUT2D eigenvalue weighted by Crippen LogP contribution is 2.38. The maximum absolute atomic E-state index is 12.7. The van der Waals surface area contributed by atoms with Crippen molar-refractivity contribution in [1.82, 2.24) is 10.2 Å². The minimum absolute atomic E-state index is 0.104. The molecular weight excluding hydrogens is 229 g/mol. The lowest BCUT2D eigenvalue weighted by atomic mass is 9.84. The Bertz CT molecular complexity index is 218. The van der Waals surface area contributed by atoms with Crippen molar-refractivity contribution in [1.29, 1.82) is 0 Å². The predicted molar refractivity (Wildman–Crippen MR) is 63.0 cm³/mol. The molecule has 0 aliphatic heterocycles. The molecule has 1 fully saturated rings. The molecule has 1 rings (SSSR count). The van der Waals surface area contributed by atoms with Crippen LogP contribution >= 0.6 is 0 Å². The molecule has 0 radical (unpaired) electrons. The number of alkyl halides is 3. The van der Waals surface area contributed by atoms with Gasteiger partial charge in [0.05, 0.1) is 5.92 Å². The number of nitrogens with zero attached hydrogens (tertiary/aromatic N) is 1. The van der Waals surface area contributed by atoms with Crippen molar-refractivity contribution in [3.05, 3.63) is 0 Å². The van der Waals surface area contributed by atoms with E-state index < -0.39 is 12.1 Å². The summed E-state index contributed by atoms with van der Waals surface area (Å²) < 4.78 is 38.0. The molecule has 0 amide bonds. The van der Waals surface area contributed by atoms with Gasteiger partial charge in [0, 0.05) is 6.04 Å². The van der Waals surface area contributed by atoms with Gasteiger partial charge in [0.1, 0.15) is 0 Å². The predicted octanol–water partition coefficient (Wildman–Crippen LogP) is 2.65. The van der Waals surface area contributed by atoms with Crippen molar-refractivity contribution in [3.8, 4) is 0 Å². The summed E-state index contributed by atoms with van der Waals surface area (Å²) >= 11 is 0. The molecule has 0 bridgehead atoms. The fourth-order valence-electron chi connectivity index (χ4n) is 2.55. The second kappa shape index (κ2) is 6.59. The van der Waals surface area contributed by atoms with Crippen molar-refractivity contribution in [3.63, 3.8) is 0 Å². The van der Waals surface area contributed by atoms with E-state index in [0.717, 1.165) is 25.9 Å². The van der Waals surface area contributed by atoms with Crippen molar-refractivity contribution >= 4 is 0 Å². The van der Waals surface area contributed by atoms with Crippen molar-refractivity contribution in [2.75, 3.05) is 27.2 Å². The molecule has 17 heavy (non-hydrogen) atoms. The van der Waals surface area contributed by atoms with Crippen LogP contribution in [0.3, 0.4) is 0 Å². The summed E-state index contributed by atoms with van der Waals surface area (Å²) in [5.74, 6) is -1.09. The van der Waals surface area contributed by atoms with Crippen LogP contribution in [0.15, 0.2) is 0 Å². The highest BCUT2D eigenvalue weighted by Gasteiger charge is 2.42.